The van der Waals surface area contributed by atoms with E-state index in [-0.39, 0.29) is 19.0 Å². The van der Waals surface area contributed by atoms with Crippen LogP contribution < -0.4 is 0 Å². The molecule has 0 bridgehead atoms. The number of aromatic amines is 1. The van der Waals surface area contributed by atoms with Crippen molar-refractivity contribution in [1.82, 2.24) is 25.0 Å². The first-order chi connectivity index (χ1) is 17.6. The van der Waals surface area contributed by atoms with Crippen LogP contribution in [0.3, 0.4) is 0 Å². The number of H-pyrrole nitrogens is 1. The first kappa shape index (κ1) is 25.5. The number of nitrogens with zero attached hydrogens (tertiary/aromatic N) is 4. The lowest BCUT2D eigenvalue weighted by atomic mass is 9.70. The minimum Gasteiger partial charge on any atom is -0.377 e. The maximum absolute atomic E-state index is 16.3. The number of aromatic nitrogens is 3. The number of carbonyl (C=O) groups is 1. The lowest BCUT2D eigenvalue weighted by Gasteiger charge is -2.52. The molecule has 1 aromatic carbocycles. The van der Waals surface area contributed by atoms with Crippen LogP contribution in [0.1, 0.15) is 67.8 Å². The Morgan fingerprint density at radius 3 is 2.41 bits per heavy atom. The molecule has 0 radical (unpaired) electrons. The Hall–Kier alpha value is -3.10. The highest BCUT2D eigenvalue weighted by Gasteiger charge is 2.59. The van der Waals surface area contributed by atoms with Gasteiger partial charge in [-0.2, -0.15) is 5.10 Å². The summed E-state index contributed by atoms with van der Waals surface area (Å²) in [4.78, 5) is 19.8. The number of rotatable bonds is 6. The highest BCUT2D eigenvalue weighted by atomic mass is 19.1. The summed E-state index contributed by atoms with van der Waals surface area (Å²) in [6, 6.07) is 11.4. The summed E-state index contributed by atoms with van der Waals surface area (Å²) in [6.07, 6.45) is 5.01. The van der Waals surface area contributed by atoms with Crippen LogP contribution in [0.15, 0.2) is 48.8 Å². The molecule has 2 N–H and O–H groups in total. The van der Waals surface area contributed by atoms with E-state index in [9.17, 15) is 9.90 Å². The van der Waals surface area contributed by atoms with Gasteiger partial charge in [-0.1, -0.05) is 38.1 Å². The van der Waals surface area contributed by atoms with E-state index in [1.165, 1.54) is 0 Å². The highest BCUT2D eigenvalue weighted by Crippen LogP contribution is 2.47. The fraction of sp³-hybridized carbons (Fsp3) is 0.483. The van der Waals surface area contributed by atoms with Crippen molar-refractivity contribution >= 4 is 5.91 Å². The fourth-order valence-corrected chi connectivity index (χ4v) is 5.81. The van der Waals surface area contributed by atoms with Crippen molar-refractivity contribution in [2.45, 2.75) is 56.7 Å². The number of hydrogen-bond donors (Lipinski definition) is 2. The zero-order valence-electron chi connectivity index (χ0n) is 22.0. The largest absolute Gasteiger partial charge is 0.377 e. The highest BCUT2D eigenvalue weighted by molar-refractivity contribution is 5.73. The Morgan fingerprint density at radius 2 is 1.81 bits per heavy atom. The second-order valence-electron chi connectivity index (χ2n) is 11.1. The summed E-state index contributed by atoms with van der Waals surface area (Å²) in [6.45, 7) is 7.56. The van der Waals surface area contributed by atoms with Crippen LogP contribution in [0.4, 0.5) is 4.39 Å². The van der Waals surface area contributed by atoms with Gasteiger partial charge in [0.15, 0.2) is 11.3 Å². The monoisotopic (exact) mass is 505 g/mol. The molecule has 5 rings (SSSR count). The summed E-state index contributed by atoms with van der Waals surface area (Å²) in [5, 5.41) is 19.8. The van der Waals surface area contributed by atoms with E-state index < -0.39 is 11.3 Å². The van der Waals surface area contributed by atoms with Crippen LogP contribution in [0.5, 0.6) is 0 Å². The van der Waals surface area contributed by atoms with Gasteiger partial charge in [0, 0.05) is 68.2 Å². The summed E-state index contributed by atoms with van der Waals surface area (Å²) in [7, 11) is 1.85. The molecule has 8 heteroatoms. The average molecular weight is 506 g/mol. The van der Waals surface area contributed by atoms with Crippen LogP contribution in [0.2, 0.25) is 0 Å². The molecule has 1 atom stereocenters. The SMILES string of the molecule is CC(=O)N1CCC(c2cc(-c3cncc([C@@](O)(c4ccc(C(C)C)cc4)C4(F)CN(C)C4)c3)n[nH]2)CC1. The van der Waals surface area contributed by atoms with Crippen molar-refractivity contribution in [3.63, 3.8) is 0 Å². The predicted molar refractivity (Wildman–Crippen MR) is 141 cm³/mol. The lowest BCUT2D eigenvalue weighted by Crippen LogP contribution is -2.68. The molecule has 2 fully saturated rings. The molecular weight excluding hydrogens is 469 g/mol. The van der Waals surface area contributed by atoms with Gasteiger partial charge in [-0.05, 0) is 49.1 Å². The van der Waals surface area contributed by atoms with Gasteiger partial charge < -0.3 is 10.0 Å². The van der Waals surface area contributed by atoms with Gasteiger partial charge in [0.1, 0.15) is 0 Å². The number of aliphatic hydroxyl groups is 1. The number of likely N-dealkylation sites (tertiary alicyclic amines) is 2. The molecule has 0 aliphatic carbocycles. The molecule has 2 aromatic heterocycles. The van der Waals surface area contributed by atoms with Crippen molar-refractivity contribution in [2.75, 3.05) is 33.2 Å². The maximum Gasteiger partial charge on any atom is 0.219 e. The van der Waals surface area contributed by atoms with Crippen molar-refractivity contribution < 1.29 is 14.3 Å². The van der Waals surface area contributed by atoms with Gasteiger partial charge in [-0.3, -0.25) is 19.8 Å². The maximum atomic E-state index is 16.3. The van der Waals surface area contributed by atoms with Crippen molar-refractivity contribution in [1.29, 1.82) is 0 Å². The van der Waals surface area contributed by atoms with Crippen LogP contribution in [0.25, 0.3) is 11.3 Å². The Labute approximate surface area is 217 Å². The number of pyridine rings is 1. The number of amides is 1. The normalized spacial score (nSPS) is 20.0. The minimum atomic E-state index is -1.85. The lowest BCUT2D eigenvalue weighted by molar-refractivity contribution is -0.153. The van der Waals surface area contributed by atoms with E-state index in [2.05, 4.69) is 29.0 Å². The summed E-state index contributed by atoms with van der Waals surface area (Å²) in [5.74, 6) is 0.746. The fourth-order valence-electron chi connectivity index (χ4n) is 5.81. The molecule has 0 saturated carbocycles. The average Bonchev–Trinajstić information content (AvgIpc) is 3.38. The number of piperidine rings is 1. The Bertz CT molecular complexity index is 1260. The zero-order chi connectivity index (χ0) is 26.4. The van der Waals surface area contributed by atoms with E-state index in [0.29, 0.717) is 28.7 Å². The number of nitrogens with one attached hydrogen (secondary N) is 1. The van der Waals surface area contributed by atoms with Crippen LogP contribution in [-0.2, 0) is 10.4 Å². The molecule has 196 valence electrons. The second kappa shape index (κ2) is 9.65. The summed E-state index contributed by atoms with van der Waals surface area (Å²) in [5.41, 5.74) is 0.813. The molecule has 2 saturated heterocycles. The third-order valence-corrected chi connectivity index (χ3v) is 8.11. The van der Waals surface area contributed by atoms with E-state index in [0.717, 1.165) is 42.8 Å². The standard InChI is InChI=1S/C29H36FN5O2/c1-19(2)21-5-7-24(8-6-21)29(37,28(30)17-34(4)18-28)25-13-23(15-31-16-25)27-14-26(32-33-27)22-9-11-35(12-10-22)20(3)36/h5-8,13-16,19,22,37H,9-12,17-18H2,1-4H3,(H,32,33)/t29-/m0/s1. The third-order valence-electron chi connectivity index (χ3n) is 8.11. The molecule has 4 heterocycles. The van der Waals surface area contributed by atoms with Gasteiger partial charge >= 0.3 is 0 Å². The van der Waals surface area contributed by atoms with E-state index in [4.69, 9.17) is 0 Å². The second-order valence-corrected chi connectivity index (χ2v) is 11.1. The van der Waals surface area contributed by atoms with Gasteiger partial charge in [-0.15, -0.1) is 0 Å². The number of benzene rings is 1. The third kappa shape index (κ3) is 4.57. The number of hydrogen-bond acceptors (Lipinski definition) is 5. The smallest absolute Gasteiger partial charge is 0.219 e. The first-order valence-corrected chi connectivity index (χ1v) is 13.1. The summed E-state index contributed by atoms with van der Waals surface area (Å²) < 4.78 is 16.3. The van der Waals surface area contributed by atoms with E-state index >= 15 is 4.39 Å². The van der Waals surface area contributed by atoms with E-state index in [1.54, 1.807) is 25.4 Å². The van der Waals surface area contributed by atoms with Gasteiger partial charge in [-0.25, -0.2) is 4.39 Å². The van der Waals surface area contributed by atoms with Crippen LogP contribution in [-0.4, -0.2) is 74.9 Å². The first-order valence-electron chi connectivity index (χ1n) is 13.1. The van der Waals surface area contributed by atoms with Crippen molar-refractivity contribution in [3.05, 3.63) is 71.2 Å². The van der Waals surface area contributed by atoms with Crippen LogP contribution in [0, 0.1) is 0 Å². The molecule has 1 amide bonds. The molecule has 2 aliphatic rings. The number of halogens is 1. The molecular formula is C29H36FN5O2. The molecule has 0 spiro atoms. The zero-order valence-corrected chi connectivity index (χ0v) is 22.0. The van der Waals surface area contributed by atoms with Gasteiger partial charge in [0.25, 0.3) is 0 Å². The predicted octanol–water partition coefficient (Wildman–Crippen LogP) is 4.21. The van der Waals surface area contributed by atoms with E-state index in [1.807, 2.05) is 47.2 Å². The van der Waals surface area contributed by atoms with Crippen molar-refractivity contribution in [3.8, 4) is 11.3 Å². The Morgan fingerprint density at radius 1 is 1.14 bits per heavy atom. The van der Waals surface area contributed by atoms with Gasteiger partial charge in [0.2, 0.25) is 5.91 Å². The Balaban J connectivity index is 1.46. The minimum absolute atomic E-state index is 0.112. The molecule has 3 aromatic rings. The quantitative estimate of drug-likeness (QED) is 0.524. The molecule has 7 nitrogen and oxygen atoms in total. The molecule has 2 aliphatic heterocycles. The number of carbonyl (C=O) groups excluding carboxylic acids is 1. The topological polar surface area (TPSA) is 85.3 Å². The Kier molecular flexibility index (Phi) is 6.66. The number of alkyl halides is 1. The summed E-state index contributed by atoms with van der Waals surface area (Å²) >= 11 is 0. The van der Waals surface area contributed by atoms with Crippen molar-refractivity contribution in [2.24, 2.45) is 0 Å². The molecule has 37 heavy (non-hydrogen) atoms. The van der Waals surface area contributed by atoms with Crippen LogP contribution >= 0.6 is 0 Å². The molecule has 0 unspecified atom stereocenters. The van der Waals surface area contributed by atoms with Gasteiger partial charge in [0.05, 0.1) is 5.69 Å².